The summed E-state index contributed by atoms with van der Waals surface area (Å²) < 4.78 is 25.3. The molecule has 6 rings (SSSR count). The number of carbonyl (C=O) groups excluding carboxylic acids is 2. The first-order valence-electron chi connectivity index (χ1n) is 16.8. The van der Waals surface area contributed by atoms with Crippen molar-refractivity contribution in [3.8, 4) is 17.1 Å². The zero-order chi connectivity index (χ0) is 34.9. The molecule has 5 aromatic rings. The van der Waals surface area contributed by atoms with E-state index in [4.69, 9.17) is 40.6 Å². The van der Waals surface area contributed by atoms with Gasteiger partial charge < -0.3 is 24.3 Å². The van der Waals surface area contributed by atoms with Gasteiger partial charge in [-0.3, -0.25) is 4.79 Å². The predicted octanol–water partition coefficient (Wildman–Crippen LogP) is 7.78. The number of carbonyl (C=O) groups is 2. The van der Waals surface area contributed by atoms with E-state index in [1.54, 1.807) is 6.07 Å². The van der Waals surface area contributed by atoms with Crippen molar-refractivity contribution in [2.24, 2.45) is 0 Å². The molecule has 3 atom stereocenters. The highest BCUT2D eigenvalue weighted by Gasteiger charge is 2.26. The van der Waals surface area contributed by atoms with Crippen molar-refractivity contribution in [1.29, 1.82) is 0 Å². The first kappa shape index (κ1) is 34.8. The molecule has 260 valence electrons. The van der Waals surface area contributed by atoms with Crippen LogP contribution in [-0.4, -0.2) is 51.1 Å². The Morgan fingerprint density at radius 1 is 1.00 bits per heavy atom. The molecule has 0 spiro atoms. The molecule has 2 aromatic heterocycles. The maximum Gasteiger partial charge on any atom is 0.407 e. The first-order chi connectivity index (χ1) is 24.3. The normalized spacial score (nSPS) is 15.6. The van der Waals surface area contributed by atoms with E-state index in [2.05, 4.69) is 10.3 Å². The molecule has 1 aliphatic heterocycles. The zero-order valence-electron chi connectivity index (χ0n) is 28.1. The first-order valence-corrected chi connectivity index (χ1v) is 17.2. The Morgan fingerprint density at radius 3 is 2.48 bits per heavy atom. The van der Waals surface area contributed by atoms with Gasteiger partial charge in [0.25, 0.3) is 0 Å². The van der Waals surface area contributed by atoms with Crippen LogP contribution in [0, 0.1) is 0 Å². The Kier molecular flexibility index (Phi) is 11.6. The minimum atomic E-state index is -0.758. The monoisotopic (exact) mass is 697 g/mol. The largest absolute Gasteiger partial charge is 0.491 e. The third kappa shape index (κ3) is 9.16. The van der Waals surface area contributed by atoms with Crippen molar-refractivity contribution in [3.05, 3.63) is 107 Å². The number of ether oxygens (including phenoxy) is 4. The summed E-state index contributed by atoms with van der Waals surface area (Å²) in [4.78, 5) is 33.7. The molecule has 0 saturated carbocycles. The van der Waals surface area contributed by atoms with Gasteiger partial charge in [-0.2, -0.15) is 5.10 Å². The number of benzene rings is 3. The summed E-state index contributed by atoms with van der Waals surface area (Å²) in [6.07, 6.45) is 2.10. The fraction of sp³-hybridized carbons (Fsp3) is 0.342. The Labute approximate surface area is 295 Å². The number of halogens is 1. The molecule has 50 heavy (non-hydrogen) atoms. The summed E-state index contributed by atoms with van der Waals surface area (Å²) >= 11 is 6.60. The second-order valence-electron chi connectivity index (χ2n) is 12.2. The Hall–Kier alpha value is -5.00. The van der Waals surface area contributed by atoms with Crippen molar-refractivity contribution in [3.63, 3.8) is 0 Å². The van der Waals surface area contributed by atoms with Crippen molar-refractivity contribution in [2.75, 3.05) is 13.2 Å². The average molecular weight is 698 g/mol. The minimum Gasteiger partial charge on any atom is -0.491 e. The van der Waals surface area contributed by atoms with Crippen molar-refractivity contribution in [2.45, 2.75) is 71.0 Å². The van der Waals surface area contributed by atoms with E-state index in [-0.39, 0.29) is 29.9 Å². The summed E-state index contributed by atoms with van der Waals surface area (Å²) in [5.41, 5.74) is 3.79. The molecule has 0 radical (unpaired) electrons. The van der Waals surface area contributed by atoms with Crippen molar-refractivity contribution < 1.29 is 28.5 Å². The molecule has 3 heterocycles. The number of aromatic nitrogens is 4. The number of esters is 1. The Balaban J connectivity index is 1.23. The van der Waals surface area contributed by atoms with Crippen LogP contribution in [0.5, 0.6) is 5.75 Å². The third-order valence-electron chi connectivity index (χ3n) is 8.29. The number of nitrogens with zero attached hydrogens (tertiary/aromatic N) is 4. The lowest BCUT2D eigenvalue weighted by atomic mass is 10.1. The van der Waals surface area contributed by atoms with Gasteiger partial charge in [0, 0.05) is 44.4 Å². The molecule has 0 aliphatic carbocycles. The van der Waals surface area contributed by atoms with E-state index in [0.29, 0.717) is 43.1 Å². The quantitative estimate of drug-likeness (QED) is 0.0969. The van der Waals surface area contributed by atoms with E-state index in [0.717, 1.165) is 41.3 Å². The molecule has 1 saturated heterocycles. The molecule has 2 unspecified atom stereocenters. The maximum atomic E-state index is 12.2. The Bertz CT molecular complexity index is 1900. The van der Waals surface area contributed by atoms with Gasteiger partial charge in [-0.15, -0.1) is 0 Å². The fourth-order valence-electron chi connectivity index (χ4n) is 5.88. The fourth-order valence-corrected chi connectivity index (χ4v) is 6.07. The number of alkyl carbamates (subject to hydrolysis) is 1. The highest BCUT2D eigenvalue weighted by Crippen LogP contribution is 2.36. The average Bonchev–Trinajstić information content (AvgIpc) is 3.50. The van der Waals surface area contributed by atoms with Crippen LogP contribution in [0.2, 0.25) is 5.15 Å². The third-order valence-corrected chi connectivity index (χ3v) is 8.48. The van der Waals surface area contributed by atoms with Crippen LogP contribution >= 0.6 is 11.6 Å². The standard InChI is InChI=1S/C38H40ClN5O6/c1-25(18-19-40-38(46)48-24-28-13-7-4-8-14-28)49-29-16-17-32-30(22-29)36(43-44(32)35-15-9-10-20-47-35)31-23-34(39)42-37(41-31)33(50-26(2)45)21-27-11-5-3-6-12-27/h3-8,11-14,16-17,22-23,25,33,35H,9-10,15,18-21,24H2,1-2H3,(H,40,46)/t25-,33?,35?/m1/s1. The molecule has 1 fully saturated rings. The number of hydrogen-bond acceptors (Lipinski definition) is 9. The molecule has 1 amide bonds. The molecular formula is C38H40ClN5O6. The van der Waals surface area contributed by atoms with Crippen molar-refractivity contribution in [1.82, 2.24) is 25.1 Å². The van der Waals surface area contributed by atoms with Crippen LogP contribution in [0.15, 0.2) is 84.9 Å². The summed E-state index contributed by atoms with van der Waals surface area (Å²) in [6.45, 7) is 4.55. The summed E-state index contributed by atoms with van der Waals surface area (Å²) in [7, 11) is 0. The summed E-state index contributed by atoms with van der Waals surface area (Å²) in [6, 6.07) is 26.7. The van der Waals surface area contributed by atoms with Gasteiger partial charge >= 0.3 is 12.1 Å². The predicted molar refractivity (Wildman–Crippen MR) is 189 cm³/mol. The lowest BCUT2D eigenvalue weighted by molar-refractivity contribution is -0.147. The van der Waals surface area contributed by atoms with Crippen LogP contribution in [0.3, 0.4) is 0 Å². The van der Waals surface area contributed by atoms with Crippen LogP contribution < -0.4 is 10.1 Å². The lowest BCUT2D eigenvalue weighted by Gasteiger charge is -2.23. The van der Waals surface area contributed by atoms with Gasteiger partial charge in [0.15, 0.2) is 18.2 Å². The number of nitrogens with one attached hydrogen (secondary N) is 1. The molecular weight excluding hydrogens is 658 g/mol. The van der Waals surface area contributed by atoms with Gasteiger partial charge in [0.05, 0.1) is 17.3 Å². The number of hydrogen-bond donors (Lipinski definition) is 1. The zero-order valence-corrected chi connectivity index (χ0v) is 28.8. The topological polar surface area (TPSA) is 127 Å². The van der Waals surface area contributed by atoms with E-state index in [1.165, 1.54) is 6.92 Å². The van der Waals surface area contributed by atoms with Gasteiger partial charge in [0.1, 0.15) is 23.2 Å². The Morgan fingerprint density at radius 2 is 1.76 bits per heavy atom. The molecule has 3 aromatic carbocycles. The highest BCUT2D eigenvalue weighted by molar-refractivity contribution is 6.29. The molecule has 11 nitrogen and oxygen atoms in total. The van der Waals surface area contributed by atoms with Crippen molar-refractivity contribution >= 4 is 34.6 Å². The van der Waals surface area contributed by atoms with E-state index < -0.39 is 18.2 Å². The minimum absolute atomic E-state index is 0.197. The van der Waals surface area contributed by atoms with E-state index in [9.17, 15) is 9.59 Å². The van der Waals surface area contributed by atoms with Crippen LogP contribution in [0.1, 0.15) is 68.8 Å². The van der Waals surface area contributed by atoms with Crippen LogP contribution in [-0.2, 0) is 32.0 Å². The maximum absolute atomic E-state index is 12.2. The smallest absolute Gasteiger partial charge is 0.407 e. The number of fused-ring (bicyclic) bond motifs is 1. The van der Waals surface area contributed by atoms with Gasteiger partial charge in [-0.05, 0) is 55.5 Å². The summed E-state index contributed by atoms with van der Waals surface area (Å²) in [5.74, 6) is 0.457. The second kappa shape index (κ2) is 16.6. The highest BCUT2D eigenvalue weighted by atomic mass is 35.5. The molecule has 12 heteroatoms. The number of amides is 1. The number of rotatable bonds is 13. The molecule has 1 aliphatic rings. The molecule has 1 N–H and O–H groups in total. The van der Waals surface area contributed by atoms with E-state index >= 15 is 0 Å². The van der Waals surface area contributed by atoms with E-state index in [1.807, 2.05) is 90.5 Å². The van der Waals surface area contributed by atoms with Gasteiger partial charge in [-0.25, -0.2) is 19.4 Å². The van der Waals surface area contributed by atoms with Crippen LogP contribution in [0.25, 0.3) is 22.3 Å². The SMILES string of the molecule is CC(=O)OC(Cc1ccccc1)c1nc(Cl)cc(-c2nn(C3CCCCO3)c3ccc(O[C@H](C)CCNC(=O)OCc4ccccc4)cc23)n1. The van der Waals surface area contributed by atoms with Crippen LogP contribution in [0.4, 0.5) is 4.79 Å². The lowest BCUT2D eigenvalue weighted by Crippen LogP contribution is -2.28. The van der Waals surface area contributed by atoms with Gasteiger partial charge in [0.2, 0.25) is 0 Å². The second-order valence-corrected chi connectivity index (χ2v) is 12.6. The summed E-state index contributed by atoms with van der Waals surface area (Å²) in [5, 5.41) is 8.79. The van der Waals surface area contributed by atoms with Gasteiger partial charge in [-0.1, -0.05) is 72.3 Å². The molecule has 0 bridgehead atoms.